The first kappa shape index (κ1) is 14.9. The quantitative estimate of drug-likeness (QED) is 0.611. The molecule has 1 amide bonds. The maximum absolute atomic E-state index is 12.2. The van der Waals surface area contributed by atoms with Gasteiger partial charge < -0.3 is 15.0 Å². The Balaban J connectivity index is 3.09. The van der Waals surface area contributed by atoms with Crippen LogP contribution in [0.4, 0.5) is 5.69 Å². The first-order chi connectivity index (χ1) is 9.02. The molecule has 0 atom stereocenters. The molecule has 1 aromatic rings. The molecule has 1 rings (SSSR count). The summed E-state index contributed by atoms with van der Waals surface area (Å²) in [6, 6.07) is 4.30. The van der Waals surface area contributed by atoms with Crippen LogP contribution in [0.2, 0.25) is 0 Å². The van der Waals surface area contributed by atoms with Crippen molar-refractivity contribution in [1.29, 1.82) is 0 Å². The lowest BCUT2D eigenvalue weighted by molar-refractivity contribution is -0.385. The zero-order valence-corrected chi connectivity index (χ0v) is 11.2. The Morgan fingerprint density at radius 2 is 2.21 bits per heavy atom. The van der Waals surface area contributed by atoms with Gasteiger partial charge in [0.2, 0.25) is 5.75 Å². The first-order valence-corrected chi connectivity index (χ1v) is 5.74. The molecule has 0 saturated carbocycles. The molecule has 0 aromatic heterocycles. The van der Waals surface area contributed by atoms with Crippen LogP contribution in [0, 0.1) is 10.1 Å². The third-order valence-electron chi connectivity index (χ3n) is 2.67. The number of methoxy groups -OCH3 is 1. The van der Waals surface area contributed by atoms with E-state index >= 15 is 0 Å². The van der Waals surface area contributed by atoms with E-state index < -0.39 is 4.92 Å². The van der Waals surface area contributed by atoms with E-state index in [1.165, 1.54) is 30.2 Å². The van der Waals surface area contributed by atoms with Crippen LogP contribution in [0.5, 0.6) is 5.75 Å². The zero-order chi connectivity index (χ0) is 14.4. The van der Waals surface area contributed by atoms with Crippen molar-refractivity contribution in [3.63, 3.8) is 0 Å². The summed E-state index contributed by atoms with van der Waals surface area (Å²) in [6.45, 7) is 1.14. The Labute approximate surface area is 111 Å². The van der Waals surface area contributed by atoms with Gasteiger partial charge in [-0.05, 0) is 13.1 Å². The molecular formula is C12H17N3O4. The van der Waals surface area contributed by atoms with Gasteiger partial charge in [-0.3, -0.25) is 14.9 Å². The number of hydrogen-bond donors (Lipinski definition) is 1. The lowest BCUT2D eigenvalue weighted by Crippen LogP contribution is -2.33. The highest BCUT2D eigenvalue weighted by molar-refractivity contribution is 5.98. The van der Waals surface area contributed by atoms with E-state index in [0.717, 1.165) is 0 Å². The van der Waals surface area contributed by atoms with E-state index in [1.54, 1.807) is 14.1 Å². The number of amides is 1. The van der Waals surface area contributed by atoms with Gasteiger partial charge in [0.15, 0.2) is 0 Å². The molecule has 7 nitrogen and oxygen atoms in total. The van der Waals surface area contributed by atoms with Crippen LogP contribution < -0.4 is 10.1 Å². The molecule has 7 heteroatoms. The van der Waals surface area contributed by atoms with Crippen LogP contribution in [0.25, 0.3) is 0 Å². The van der Waals surface area contributed by atoms with Crippen LogP contribution in [0.15, 0.2) is 18.2 Å². The van der Waals surface area contributed by atoms with Gasteiger partial charge >= 0.3 is 5.69 Å². The number of nitrogens with one attached hydrogen (secondary N) is 1. The van der Waals surface area contributed by atoms with Crippen molar-refractivity contribution in [1.82, 2.24) is 10.2 Å². The van der Waals surface area contributed by atoms with E-state index in [-0.39, 0.29) is 22.9 Å². The summed E-state index contributed by atoms with van der Waals surface area (Å²) in [5, 5.41) is 13.8. The summed E-state index contributed by atoms with van der Waals surface area (Å²) >= 11 is 0. The highest BCUT2D eigenvalue weighted by Gasteiger charge is 2.24. The monoisotopic (exact) mass is 267 g/mol. The molecule has 104 valence electrons. The Morgan fingerprint density at radius 1 is 1.53 bits per heavy atom. The summed E-state index contributed by atoms with van der Waals surface area (Å²) in [5.74, 6) is -0.315. The highest BCUT2D eigenvalue weighted by Crippen LogP contribution is 2.31. The second kappa shape index (κ2) is 6.69. The number of ether oxygens (including phenoxy) is 1. The van der Waals surface area contributed by atoms with Gasteiger partial charge in [0, 0.05) is 26.2 Å². The Hall–Kier alpha value is -2.15. The molecular weight excluding hydrogens is 250 g/mol. The molecule has 0 spiro atoms. The maximum atomic E-state index is 12.2. The molecule has 0 aliphatic heterocycles. The zero-order valence-electron chi connectivity index (χ0n) is 11.2. The number of likely N-dealkylation sites (N-methyl/N-ethyl adjacent to an activating group) is 2. The van der Waals surface area contributed by atoms with Gasteiger partial charge in [-0.2, -0.15) is 0 Å². The molecule has 0 fully saturated rings. The lowest BCUT2D eigenvalue weighted by atomic mass is 10.1. The molecule has 19 heavy (non-hydrogen) atoms. The van der Waals surface area contributed by atoms with Crippen molar-refractivity contribution in [2.45, 2.75) is 0 Å². The minimum absolute atomic E-state index is 0.00573. The van der Waals surface area contributed by atoms with Crippen molar-refractivity contribution >= 4 is 11.6 Å². The fourth-order valence-corrected chi connectivity index (χ4v) is 1.64. The first-order valence-electron chi connectivity index (χ1n) is 5.74. The number of nitro benzene ring substituents is 1. The molecule has 0 radical (unpaired) electrons. The summed E-state index contributed by atoms with van der Waals surface area (Å²) in [5.41, 5.74) is -0.0225. The number of rotatable bonds is 6. The second-order valence-corrected chi connectivity index (χ2v) is 3.95. The molecule has 0 unspecified atom stereocenters. The smallest absolute Gasteiger partial charge is 0.311 e. The minimum Gasteiger partial charge on any atom is -0.490 e. The Kier molecular flexibility index (Phi) is 5.25. The van der Waals surface area contributed by atoms with E-state index in [4.69, 9.17) is 4.74 Å². The van der Waals surface area contributed by atoms with Gasteiger partial charge in [-0.1, -0.05) is 6.07 Å². The van der Waals surface area contributed by atoms with Gasteiger partial charge in [-0.25, -0.2) is 0 Å². The molecule has 0 bridgehead atoms. The molecule has 1 N–H and O–H groups in total. The summed E-state index contributed by atoms with van der Waals surface area (Å²) in [4.78, 5) is 24.0. The third-order valence-corrected chi connectivity index (χ3v) is 2.67. The van der Waals surface area contributed by atoms with Crippen LogP contribution >= 0.6 is 0 Å². The summed E-state index contributed by atoms with van der Waals surface area (Å²) < 4.78 is 5.01. The molecule has 0 heterocycles. The summed E-state index contributed by atoms with van der Waals surface area (Å²) in [7, 11) is 4.73. The number of nitrogens with zero attached hydrogens (tertiary/aromatic N) is 2. The number of nitro groups is 1. The van der Waals surface area contributed by atoms with Crippen LogP contribution in [-0.2, 0) is 0 Å². The van der Waals surface area contributed by atoms with E-state index in [1.807, 2.05) is 0 Å². The number of carbonyl (C=O) groups excluding carboxylic acids is 1. The van der Waals surface area contributed by atoms with Gasteiger partial charge in [-0.15, -0.1) is 0 Å². The predicted molar refractivity (Wildman–Crippen MR) is 70.5 cm³/mol. The lowest BCUT2D eigenvalue weighted by Gasteiger charge is -2.18. The molecule has 0 saturated heterocycles. The van der Waals surface area contributed by atoms with Crippen LogP contribution in [0.3, 0.4) is 0 Å². The summed E-state index contributed by atoms with van der Waals surface area (Å²) in [6.07, 6.45) is 0. The largest absolute Gasteiger partial charge is 0.490 e. The number of carbonyl (C=O) groups is 1. The van der Waals surface area contributed by atoms with Gasteiger partial charge in [0.05, 0.1) is 17.6 Å². The number of hydrogen-bond acceptors (Lipinski definition) is 5. The second-order valence-electron chi connectivity index (χ2n) is 3.95. The average Bonchev–Trinajstić information content (AvgIpc) is 2.42. The molecule has 0 aliphatic carbocycles. The fraction of sp³-hybridized carbons (Fsp3) is 0.417. The van der Waals surface area contributed by atoms with Crippen molar-refractivity contribution in [2.75, 3.05) is 34.3 Å². The van der Waals surface area contributed by atoms with Crippen molar-refractivity contribution in [3.8, 4) is 5.75 Å². The van der Waals surface area contributed by atoms with Gasteiger partial charge in [0.1, 0.15) is 0 Å². The van der Waals surface area contributed by atoms with Crippen molar-refractivity contribution in [3.05, 3.63) is 33.9 Å². The minimum atomic E-state index is -0.566. The fourth-order valence-electron chi connectivity index (χ4n) is 1.64. The standard InChI is InChI=1S/C12H17N3O4/c1-13-7-8-14(2)12(16)9-5-4-6-10(15(17)18)11(9)19-3/h4-6,13H,7-8H2,1-3H3. The average molecular weight is 267 g/mol. The maximum Gasteiger partial charge on any atom is 0.311 e. The molecule has 1 aromatic carbocycles. The van der Waals surface area contributed by atoms with Crippen molar-refractivity contribution in [2.24, 2.45) is 0 Å². The normalized spacial score (nSPS) is 10.1. The van der Waals surface area contributed by atoms with Gasteiger partial charge in [0.25, 0.3) is 5.91 Å². The predicted octanol–water partition coefficient (Wildman–Crippen LogP) is 0.895. The Morgan fingerprint density at radius 3 is 2.74 bits per heavy atom. The van der Waals surface area contributed by atoms with Crippen LogP contribution in [-0.4, -0.2) is 50.0 Å². The van der Waals surface area contributed by atoms with E-state index in [0.29, 0.717) is 13.1 Å². The van der Waals surface area contributed by atoms with Crippen LogP contribution in [0.1, 0.15) is 10.4 Å². The molecule has 0 aliphatic rings. The Bertz CT molecular complexity index is 476. The topological polar surface area (TPSA) is 84.7 Å². The van der Waals surface area contributed by atoms with E-state index in [9.17, 15) is 14.9 Å². The SMILES string of the molecule is CNCCN(C)C(=O)c1cccc([N+](=O)[O-])c1OC. The number of para-hydroxylation sites is 1. The van der Waals surface area contributed by atoms with Crippen molar-refractivity contribution < 1.29 is 14.5 Å². The number of benzene rings is 1. The highest BCUT2D eigenvalue weighted by atomic mass is 16.6. The third kappa shape index (κ3) is 3.41. The van der Waals surface area contributed by atoms with E-state index in [2.05, 4.69) is 5.32 Å².